The summed E-state index contributed by atoms with van der Waals surface area (Å²) in [4.78, 5) is 0. The van der Waals surface area contributed by atoms with Crippen LogP contribution in [0.5, 0.6) is 0 Å². The Hall–Kier alpha value is -0.570. The topological polar surface area (TPSA) is 18.5 Å². The third-order valence-corrected chi connectivity index (χ3v) is 3.40. The predicted octanol–water partition coefficient (Wildman–Crippen LogP) is 3.42. The van der Waals surface area contributed by atoms with Gasteiger partial charge in [-0.3, -0.25) is 0 Å². The van der Waals surface area contributed by atoms with E-state index in [2.05, 4.69) is 13.8 Å². The van der Waals surface area contributed by atoms with Crippen molar-refractivity contribution in [1.29, 1.82) is 0 Å². The van der Waals surface area contributed by atoms with Gasteiger partial charge in [0.15, 0.2) is 0 Å². The first kappa shape index (κ1) is 11.9. The Balaban J connectivity index is 1.95. The van der Waals surface area contributed by atoms with Gasteiger partial charge in [0.1, 0.15) is 0 Å². The van der Waals surface area contributed by atoms with Gasteiger partial charge >= 0.3 is 0 Å². The number of hydrogen-bond donors (Lipinski definition) is 0. The minimum Gasteiger partial charge on any atom is -0.373 e. The van der Waals surface area contributed by atoms with Gasteiger partial charge in [-0.25, -0.2) is 0 Å². The van der Waals surface area contributed by atoms with Crippen molar-refractivity contribution in [1.82, 2.24) is 0 Å². The highest BCUT2D eigenvalue weighted by atomic mass is 35.5. The van der Waals surface area contributed by atoms with Crippen LogP contribution in [0.2, 0.25) is 5.02 Å². The molecule has 16 heavy (non-hydrogen) atoms. The fraction of sp³-hybridized carbons (Fsp3) is 0.538. The van der Waals surface area contributed by atoms with E-state index < -0.39 is 0 Å². The van der Waals surface area contributed by atoms with Gasteiger partial charge in [-0.1, -0.05) is 29.8 Å². The average Bonchev–Trinajstić information content (AvgIpc) is 2.57. The predicted molar refractivity (Wildman–Crippen MR) is 64.7 cm³/mol. The SMILES string of the molecule is CC1(C)OCCC1OCc1ccccc1Cl. The van der Waals surface area contributed by atoms with Crippen molar-refractivity contribution >= 4 is 11.6 Å². The molecule has 2 rings (SSSR count). The van der Waals surface area contributed by atoms with Crippen LogP contribution in [0.4, 0.5) is 0 Å². The molecule has 0 saturated carbocycles. The van der Waals surface area contributed by atoms with Gasteiger partial charge < -0.3 is 9.47 Å². The van der Waals surface area contributed by atoms with Crippen LogP contribution in [0.1, 0.15) is 25.8 Å². The summed E-state index contributed by atoms with van der Waals surface area (Å²) in [6.45, 7) is 5.46. The molecule has 1 unspecified atom stereocenters. The standard InChI is InChI=1S/C13H17ClO2/c1-13(2)12(7-8-16-13)15-9-10-5-3-4-6-11(10)14/h3-6,12H,7-9H2,1-2H3. The fourth-order valence-electron chi connectivity index (χ4n) is 1.96. The highest BCUT2D eigenvalue weighted by molar-refractivity contribution is 6.31. The van der Waals surface area contributed by atoms with E-state index in [0.717, 1.165) is 23.6 Å². The average molecular weight is 241 g/mol. The molecule has 0 N–H and O–H groups in total. The van der Waals surface area contributed by atoms with E-state index in [4.69, 9.17) is 21.1 Å². The molecule has 1 saturated heterocycles. The van der Waals surface area contributed by atoms with Gasteiger partial charge in [0.2, 0.25) is 0 Å². The van der Waals surface area contributed by atoms with Gasteiger partial charge in [0.25, 0.3) is 0 Å². The Labute approximate surface area is 102 Å². The first-order valence-electron chi connectivity index (χ1n) is 5.58. The van der Waals surface area contributed by atoms with Gasteiger partial charge in [-0.2, -0.15) is 0 Å². The molecule has 0 amide bonds. The summed E-state index contributed by atoms with van der Waals surface area (Å²) in [7, 11) is 0. The van der Waals surface area contributed by atoms with Crippen LogP contribution in [0, 0.1) is 0 Å². The van der Waals surface area contributed by atoms with E-state index >= 15 is 0 Å². The van der Waals surface area contributed by atoms with Crippen LogP contribution in [-0.4, -0.2) is 18.3 Å². The minimum atomic E-state index is -0.179. The molecule has 0 aliphatic carbocycles. The summed E-state index contributed by atoms with van der Waals surface area (Å²) in [5, 5.41) is 0.763. The molecular weight excluding hydrogens is 224 g/mol. The fourth-order valence-corrected chi connectivity index (χ4v) is 2.15. The molecule has 3 heteroatoms. The van der Waals surface area contributed by atoms with Crippen molar-refractivity contribution in [3.8, 4) is 0 Å². The summed E-state index contributed by atoms with van der Waals surface area (Å²) >= 11 is 6.07. The summed E-state index contributed by atoms with van der Waals surface area (Å²) in [6, 6.07) is 7.77. The lowest BCUT2D eigenvalue weighted by Crippen LogP contribution is -2.34. The Bertz CT molecular complexity index is 363. The molecule has 1 aliphatic rings. The zero-order valence-corrected chi connectivity index (χ0v) is 10.5. The molecule has 2 nitrogen and oxygen atoms in total. The Kier molecular flexibility index (Phi) is 3.53. The molecule has 0 bridgehead atoms. The zero-order valence-electron chi connectivity index (χ0n) is 9.70. The van der Waals surface area contributed by atoms with Gasteiger partial charge in [-0.15, -0.1) is 0 Å². The third kappa shape index (κ3) is 2.57. The van der Waals surface area contributed by atoms with E-state index in [9.17, 15) is 0 Å². The van der Waals surface area contributed by atoms with Crippen LogP contribution in [-0.2, 0) is 16.1 Å². The maximum absolute atomic E-state index is 6.07. The smallest absolute Gasteiger partial charge is 0.0888 e. The molecule has 1 heterocycles. The van der Waals surface area contributed by atoms with Crippen molar-refractivity contribution in [3.05, 3.63) is 34.9 Å². The Morgan fingerprint density at radius 2 is 2.19 bits per heavy atom. The summed E-state index contributed by atoms with van der Waals surface area (Å²) in [6.07, 6.45) is 1.11. The highest BCUT2D eigenvalue weighted by Crippen LogP contribution is 2.29. The lowest BCUT2D eigenvalue weighted by Gasteiger charge is -2.25. The molecule has 1 fully saturated rings. The first-order chi connectivity index (χ1) is 7.59. The molecule has 1 aliphatic heterocycles. The molecule has 1 aromatic rings. The second-order valence-corrected chi connectivity index (χ2v) is 5.04. The Morgan fingerprint density at radius 1 is 1.44 bits per heavy atom. The summed E-state index contributed by atoms with van der Waals surface area (Å²) in [5.41, 5.74) is 0.855. The zero-order chi connectivity index (χ0) is 11.6. The van der Waals surface area contributed by atoms with E-state index in [1.54, 1.807) is 0 Å². The van der Waals surface area contributed by atoms with E-state index in [1.807, 2.05) is 24.3 Å². The maximum Gasteiger partial charge on any atom is 0.0888 e. The minimum absolute atomic E-state index is 0.156. The second kappa shape index (κ2) is 4.74. The number of halogens is 1. The van der Waals surface area contributed by atoms with Crippen molar-refractivity contribution in [2.45, 2.75) is 38.6 Å². The maximum atomic E-state index is 6.07. The molecule has 0 spiro atoms. The number of benzene rings is 1. The van der Waals surface area contributed by atoms with Crippen molar-refractivity contribution in [3.63, 3.8) is 0 Å². The highest BCUT2D eigenvalue weighted by Gasteiger charge is 2.36. The normalized spacial score (nSPS) is 23.6. The van der Waals surface area contributed by atoms with Crippen LogP contribution in [0.15, 0.2) is 24.3 Å². The van der Waals surface area contributed by atoms with Crippen LogP contribution in [0.25, 0.3) is 0 Å². The van der Waals surface area contributed by atoms with Crippen LogP contribution >= 0.6 is 11.6 Å². The summed E-state index contributed by atoms with van der Waals surface area (Å²) in [5.74, 6) is 0. The lowest BCUT2D eigenvalue weighted by molar-refractivity contribution is -0.0693. The van der Waals surface area contributed by atoms with Crippen LogP contribution in [0.3, 0.4) is 0 Å². The lowest BCUT2D eigenvalue weighted by atomic mass is 10.0. The number of ether oxygens (including phenoxy) is 2. The number of hydrogen-bond acceptors (Lipinski definition) is 2. The van der Waals surface area contributed by atoms with Crippen molar-refractivity contribution in [2.24, 2.45) is 0 Å². The van der Waals surface area contributed by atoms with Gasteiger partial charge in [0.05, 0.1) is 24.9 Å². The number of rotatable bonds is 3. The molecule has 88 valence electrons. The first-order valence-corrected chi connectivity index (χ1v) is 5.96. The van der Waals surface area contributed by atoms with Gasteiger partial charge in [0, 0.05) is 5.02 Å². The quantitative estimate of drug-likeness (QED) is 0.806. The Morgan fingerprint density at radius 3 is 2.81 bits per heavy atom. The van der Waals surface area contributed by atoms with E-state index in [1.165, 1.54) is 0 Å². The third-order valence-electron chi connectivity index (χ3n) is 3.03. The van der Waals surface area contributed by atoms with Crippen molar-refractivity contribution in [2.75, 3.05) is 6.61 Å². The molecule has 1 aromatic carbocycles. The molecule has 1 atom stereocenters. The second-order valence-electron chi connectivity index (χ2n) is 4.63. The largest absolute Gasteiger partial charge is 0.373 e. The molecular formula is C13H17ClO2. The molecule has 0 aromatic heterocycles. The van der Waals surface area contributed by atoms with Crippen LogP contribution < -0.4 is 0 Å². The summed E-state index contributed by atoms with van der Waals surface area (Å²) < 4.78 is 11.5. The van der Waals surface area contributed by atoms with E-state index in [-0.39, 0.29) is 11.7 Å². The van der Waals surface area contributed by atoms with Crippen molar-refractivity contribution < 1.29 is 9.47 Å². The van der Waals surface area contributed by atoms with E-state index in [0.29, 0.717) is 6.61 Å². The van der Waals surface area contributed by atoms with Gasteiger partial charge in [-0.05, 0) is 31.9 Å². The molecule has 0 radical (unpaired) electrons. The monoisotopic (exact) mass is 240 g/mol.